The van der Waals surface area contributed by atoms with Gasteiger partial charge in [0.1, 0.15) is 11.6 Å². The van der Waals surface area contributed by atoms with Crippen LogP contribution in [0.15, 0.2) is 18.2 Å². The summed E-state index contributed by atoms with van der Waals surface area (Å²) in [7, 11) is 0. The molecule has 1 aromatic carbocycles. The monoisotopic (exact) mass is 297 g/mol. The Morgan fingerprint density at radius 2 is 2.05 bits per heavy atom. The molecular weight excluding hydrogens is 277 g/mol. The first-order chi connectivity index (χ1) is 9.85. The molecule has 0 aliphatic carbocycles. The molecule has 1 aromatic rings. The van der Waals surface area contributed by atoms with Crippen LogP contribution >= 0.6 is 0 Å². The van der Waals surface area contributed by atoms with E-state index >= 15 is 0 Å². The first-order valence-electron chi connectivity index (χ1n) is 6.65. The van der Waals surface area contributed by atoms with E-state index in [1.54, 1.807) is 13.8 Å². The maximum Gasteiger partial charge on any atom is 0.321 e. The van der Waals surface area contributed by atoms with Crippen LogP contribution in [-0.2, 0) is 4.79 Å². The fourth-order valence-corrected chi connectivity index (χ4v) is 1.63. The summed E-state index contributed by atoms with van der Waals surface area (Å²) in [5.74, 6) is -0.924. The number of carbonyl (C=O) groups is 2. The van der Waals surface area contributed by atoms with Crippen molar-refractivity contribution >= 4 is 11.9 Å². The van der Waals surface area contributed by atoms with E-state index in [-0.39, 0.29) is 5.75 Å². The Bertz CT molecular complexity index is 520. The van der Waals surface area contributed by atoms with Crippen LogP contribution in [0.25, 0.3) is 0 Å². The minimum atomic E-state index is -0.937. The Kier molecular flexibility index (Phi) is 6.10. The van der Waals surface area contributed by atoms with Gasteiger partial charge in [0.2, 0.25) is 0 Å². The van der Waals surface area contributed by atoms with Crippen molar-refractivity contribution in [1.82, 2.24) is 10.6 Å². The number of nitrogens with two attached hydrogens (primary N) is 1. The van der Waals surface area contributed by atoms with Crippen molar-refractivity contribution in [1.29, 1.82) is 0 Å². The molecule has 0 aromatic heterocycles. The van der Waals surface area contributed by atoms with Gasteiger partial charge in [-0.1, -0.05) is 6.07 Å². The molecule has 2 atom stereocenters. The Balaban J connectivity index is 2.66. The number of halogens is 1. The van der Waals surface area contributed by atoms with Gasteiger partial charge < -0.3 is 15.8 Å². The number of nitrogens with one attached hydrogen (secondary N) is 2. The molecule has 4 N–H and O–H groups in total. The number of amides is 3. The first kappa shape index (κ1) is 16.9. The molecule has 0 heterocycles. The van der Waals surface area contributed by atoms with E-state index in [1.165, 1.54) is 19.1 Å². The van der Waals surface area contributed by atoms with E-state index in [1.807, 2.05) is 0 Å². The van der Waals surface area contributed by atoms with Crippen LogP contribution in [0.5, 0.6) is 5.75 Å². The van der Waals surface area contributed by atoms with E-state index < -0.39 is 29.9 Å². The third kappa shape index (κ3) is 5.03. The summed E-state index contributed by atoms with van der Waals surface area (Å²) in [6.07, 6.45) is -0.937. The zero-order valence-corrected chi connectivity index (χ0v) is 12.3. The lowest BCUT2D eigenvalue weighted by Crippen LogP contribution is -2.45. The summed E-state index contributed by atoms with van der Waals surface area (Å²) in [6, 6.07) is 3.16. The van der Waals surface area contributed by atoms with Crippen molar-refractivity contribution in [3.8, 4) is 5.75 Å². The van der Waals surface area contributed by atoms with Gasteiger partial charge in [-0.25, -0.2) is 9.18 Å². The molecule has 2 unspecified atom stereocenters. The maximum absolute atomic E-state index is 13.7. The van der Waals surface area contributed by atoms with Gasteiger partial charge in [-0.2, -0.15) is 0 Å². The second kappa shape index (κ2) is 7.58. The SMILES string of the molecule is CCNC(=O)NC(=O)C(C)Oc1ccc(C(C)N)c(F)c1. The van der Waals surface area contributed by atoms with Crippen LogP contribution < -0.4 is 21.1 Å². The molecule has 0 aliphatic heterocycles. The first-order valence-corrected chi connectivity index (χ1v) is 6.65. The maximum atomic E-state index is 13.7. The fraction of sp³-hybridized carbons (Fsp3) is 0.429. The van der Waals surface area contributed by atoms with Gasteiger partial charge in [0.25, 0.3) is 5.91 Å². The Morgan fingerprint density at radius 1 is 1.38 bits per heavy atom. The van der Waals surface area contributed by atoms with Gasteiger partial charge in [-0.05, 0) is 26.8 Å². The molecule has 0 saturated heterocycles. The predicted octanol–water partition coefficient (Wildman–Crippen LogP) is 1.46. The van der Waals surface area contributed by atoms with Crippen molar-refractivity contribution in [2.45, 2.75) is 32.9 Å². The average Bonchev–Trinajstić information content (AvgIpc) is 2.38. The summed E-state index contributed by atoms with van der Waals surface area (Å²) in [4.78, 5) is 22.9. The van der Waals surface area contributed by atoms with Crippen molar-refractivity contribution in [3.05, 3.63) is 29.6 Å². The summed E-state index contributed by atoms with van der Waals surface area (Å²) in [5, 5.41) is 4.54. The fourth-order valence-electron chi connectivity index (χ4n) is 1.63. The Morgan fingerprint density at radius 3 is 2.57 bits per heavy atom. The molecule has 0 saturated carbocycles. The predicted molar refractivity (Wildman–Crippen MR) is 76.3 cm³/mol. The highest BCUT2D eigenvalue weighted by Gasteiger charge is 2.18. The van der Waals surface area contributed by atoms with Gasteiger partial charge in [0.05, 0.1) is 0 Å². The van der Waals surface area contributed by atoms with Gasteiger partial charge >= 0.3 is 6.03 Å². The molecule has 0 spiro atoms. The van der Waals surface area contributed by atoms with Gasteiger partial charge in [-0.15, -0.1) is 0 Å². The number of rotatable bonds is 5. The third-order valence-corrected chi connectivity index (χ3v) is 2.72. The van der Waals surface area contributed by atoms with Crippen molar-refractivity contribution in [3.63, 3.8) is 0 Å². The van der Waals surface area contributed by atoms with Crippen molar-refractivity contribution in [2.75, 3.05) is 6.54 Å². The summed E-state index contributed by atoms with van der Waals surface area (Å²) < 4.78 is 19.0. The molecule has 0 bridgehead atoms. The minimum absolute atomic E-state index is 0.190. The van der Waals surface area contributed by atoms with Crippen molar-refractivity contribution < 1.29 is 18.7 Å². The van der Waals surface area contributed by atoms with Gasteiger partial charge in [0, 0.05) is 24.2 Å². The number of benzene rings is 1. The number of urea groups is 1. The molecule has 1 rings (SSSR count). The number of imide groups is 1. The highest BCUT2D eigenvalue weighted by atomic mass is 19.1. The minimum Gasteiger partial charge on any atom is -0.481 e. The number of hydrogen-bond donors (Lipinski definition) is 3. The zero-order chi connectivity index (χ0) is 16.0. The van der Waals surface area contributed by atoms with Crippen LogP contribution in [0, 0.1) is 5.82 Å². The van der Waals surface area contributed by atoms with E-state index in [0.717, 1.165) is 6.07 Å². The van der Waals surface area contributed by atoms with Crippen LogP contribution in [-0.4, -0.2) is 24.6 Å². The van der Waals surface area contributed by atoms with Crippen LogP contribution in [0.3, 0.4) is 0 Å². The topological polar surface area (TPSA) is 93.5 Å². The number of hydrogen-bond acceptors (Lipinski definition) is 4. The van der Waals surface area contributed by atoms with E-state index in [9.17, 15) is 14.0 Å². The van der Waals surface area contributed by atoms with Crippen molar-refractivity contribution in [2.24, 2.45) is 5.73 Å². The summed E-state index contributed by atoms with van der Waals surface area (Å²) >= 11 is 0. The van der Waals surface area contributed by atoms with Crippen LogP contribution in [0.1, 0.15) is 32.4 Å². The number of carbonyl (C=O) groups excluding carboxylic acids is 2. The summed E-state index contributed by atoms with van der Waals surface area (Å²) in [6.45, 7) is 5.26. The number of ether oxygens (including phenoxy) is 1. The summed E-state index contributed by atoms with van der Waals surface area (Å²) in [5.41, 5.74) is 5.97. The molecule has 7 heteroatoms. The van der Waals surface area contributed by atoms with Crippen LogP contribution in [0.4, 0.5) is 9.18 Å². The normalized spacial score (nSPS) is 13.2. The highest BCUT2D eigenvalue weighted by Crippen LogP contribution is 2.21. The molecule has 21 heavy (non-hydrogen) atoms. The Labute approximate surface area is 122 Å². The lowest BCUT2D eigenvalue weighted by Gasteiger charge is -2.15. The quantitative estimate of drug-likeness (QED) is 0.767. The lowest BCUT2D eigenvalue weighted by atomic mass is 10.1. The van der Waals surface area contributed by atoms with E-state index in [0.29, 0.717) is 12.1 Å². The Hall–Kier alpha value is -2.15. The van der Waals surface area contributed by atoms with Gasteiger partial charge in [0.15, 0.2) is 6.10 Å². The molecule has 116 valence electrons. The molecule has 0 aliphatic rings. The average molecular weight is 297 g/mol. The van der Waals surface area contributed by atoms with Crippen LogP contribution in [0.2, 0.25) is 0 Å². The molecule has 0 fully saturated rings. The largest absolute Gasteiger partial charge is 0.481 e. The standard InChI is InChI=1S/C14H20FN3O3/c1-4-17-14(20)18-13(19)9(3)21-10-5-6-11(8(2)16)12(15)7-10/h5-9H,4,16H2,1-3H3,(H2,17,18,19,20). The molecule has 3 amide bonds. The van der Waals surface area contributed by atoms with E-state index in [4.69, 9.17) is 10.5 Å². The molecule has 0 radical (unpaired) electrons. The van der Waals surface area contributed by atoms with E-state index in [2.05, 4.69) is 10.6 Å². The lowest BCUT2D eigenvalue weighted by molar-refractivity contribution is -0.126. The highest BCUT2D eigenvalue weighted by molar-refractivity contribution is 5.96. The smallest absolute Gasteiger partial charge is 0.321 e. The second-order valence-corrected chi connectivity index (χ2v) is 4.58. The molecule has 6 nitrogen and oxygen atoms in total. The third-order valence-electron chi connectivity index (χ3n) is 2.72. The molecular formula is C14H20FN3O3. The second-order valence-electron chi connectivity index (χ2n) is 4.58. The van der Waals surface area contributed by atoms with Gasteiger partial charge in [-0.3, -0.25) is 10.1 Å². The zero-order valence-electron chi connectivity index (χ0n) is 12.3.